The van der Waals surface area contributed by atoms with Gasteiger partial charge >= 0.3 is 0 Å². The molecular formula is C51H38N2S. The fourth-order valence-corrected chi connectivity index (χ4v) is 13.2. The van der Waals surface area contributed by atoms with Gasteiger partial charge in [0.05, 0.1) is 22.1 Å². The quantitative estimate of drug-likeness (QED) is 0.172. The number of benzene rings is 7. The Balaban J connectivity index is 1.01. The van der Waals surface area contributed by atoms with E-state index in [1.165, 1.54) is 118 Å². The molecule has 7 aromatic carbocycles. The van der Waals surface area contributed by atoms with Crippen LogP contribution in [0.4, 0.5) is 0 Å². The maximum atomic E-state index is 2.51. The van der Waals surface area contributed by atoms with Crippen LogP contribution >= 0.6 is 11.3 Å². The Morgan fingerprint density at radius 3 is 1.63 bits per heavy atom. The molecule has 2 nitrogen and oxygen atoms in total. The van der Waals surface area contributed by atoms with E-state index < -0.39 is 0 Å². The zero-order valence-corrected chi connectivity index (χ0v) is 30.8. The normalized spacial score (nSPS) is 22.0. The Bertz CT molecular complexity index is 3150. The van der Waals surface area contributed by atoms with Crippen LogP contribution in [-0.4, -0.2) is 9.13 Å². The lowest BCUT2D eigenvalue weighted by molar-refractivity contribution is 0.229. The highest BCUT2D eigenvalue weighted by atomic mass is 32.1. The van der Waals surface area contributed by atoms with E-state index in [-0.39, 0.29) is 0 Å². The minimum Gasteiger partial charge on any atom is -0.309 e. The zero-order chi connectivity index (χ0) is 35.1. The number of para-hydroxylation sites is 2. The third-order valence-corrected chi connectivity index (χ3v) is 15.1. The second-order valence-electron chi connectivity index (χ2n) is 16.7. The van der Waals surface area contributed by atoms with Gasteiger partial charge in [0.15, 0.2) is 0 Å². The molecule has 2 unspecified atom stereocenters. The molecule has 3 aromatic heterocycles. The van der Waals surface area contributed by atoms with Crippen LogP contribution in [0.3, 0.4) is 0 Å². The van der Waals surface area contributed by atoms with Crippen molar-refractivity contribution < 1.29 is 0 Å². The van der Waals surface area contributed by atoms with Crippen molar-refractivity contribution in [3.8, 4) is 22.5 Å². The van der Waals surface area contributed by atoms with Gasteiger partial charge in [0, 0.05) is 53.1 Å². The minimum absolute atomic E-state index is 0.421. The van der Waals surface area contributed by atoms with Crippen molar-refractivity contribution in [1.82, 2.24) is 9.13 Å². The Morgan fingerprint density at radius 2 is 0.981 bits per heavy atom. The first kappa shape index (κ1) is 29.8. The first-order valence-electron chi connectivity index (χ1n) is 19.8. The average Bonchev–Trinajstić information content (AvgIpc) is 3.99. The molecule has 0 N–H and O–H groups in total. The topological polar surface area (TPSA) is 9.86 Å². The molecule has 2 atom stereocenters. The van der Waals surface area contributed by atoms with Crippen molar-refractivity contribution in [3.05, 3.63) is 157 Å². The average molecular weight is 711 g/mol. The number of rotatable bonds is 4. The van der Waals surface area contributed by atoms with E-state index in [4.69, 9.17) is 0 Å². The molecule has 54 heavy (non-hydrogen) atoms. The van der Waals surface area contributed by atoms with Crippen LogP contribution in [0.1, 0.15) is 37.7 Å². The second-order valence-corrected chi connectivity index (χ2v) is 17.8. The molecule has 258 valence electrons. The molecule has 0 radical (unpaired) electrons. The molecule has 4 aliphatic carbocycles. The maximum Gasteiger partial charge on any atom is 0.0547 e. The van der Waals surface area contributed by atoms with Gasteiger partial charge in [-0.3, -0.25) is 0 Å². The lowest BCUT2D eigenvalue weighted by Crippen LogP contribution is -2.31. The van der Waals surface area contributed by atoms with Crippen LogP contribution in [0, 0.1) is 17.8 Å². The predicted octanol–water partition coefficient (Wildman–Crippen LogP) is 14.0. The molecule has 14 rings (SSSR count). The van der Waals surface area contributed by atoms with E-state index >= 15 is 0 Å². The molecule has 4 aliphatic rings. The fraction of sp³-hybridized carbons (Fsp3) is 0.176. The van der Waals surface area contributed by atoms with Gasteiger partial charge in [0.2, 0.25) is 0 Å². The van der Waals surface area contributed by atoms with Gasteiger partial charge in [0.25, 0.3) is 0 Å². The largest absolute Gasteiger partial charge is 0.309 e. The summed E-state index contributed by atoms with van der Waals surface area (Å²) in [4.78, 5) is 0. The van der Waals surface area contributed by atoms with Crippen molar-refractivity contribution >= 4 is 75.1 Å². The van der Waals surface area contributed by atoms with Crippen molar-refractivity contribution in [1.29, 1.82) is 0 Å². The van der Waals surface area contributed by atoms with Gasteiger partial charge in [-0.05, 0) is 127 Å². The van der Waals surface area contributed by atoms with Crippen LogP contribution in [0.5, 0.6) is 0 Å². The van der Waals surface area contributed by atoms with E-state index in [9.17, 15) is 0 Å². The molecule has 0 aliphatic heterocycles. The zero-order valence-electron chi connectivity index (χ0n) is 30.0. The molecule has 4 bridgehead atoms. The summed E-state index contributed by atoms with van der Waals surface area (Å²) >= 11 is 1.88. The Hall–Kier alpha value is -5.64. The number of aromatic nitrogens is 2. The molecule has 4 saturated carbocycles. The summed E-state index contributed by atoms with van der Waals surface area (Å²) in [7, 11) is 0. The summed E-state index contributed by atoms with van der Waals surface area (Å²) in [5.74, 6) is 2.91. The summed E-state index contributed by atoms with van der Waals surface area (Å²) in [5.41, 5.74) is 12.0. The van der Waals surface area contributed by atoms with Gasteiger partial charge in [-0.1, -0.05) is 97.1 Å². The van der Waals surface area contributed by atoms with Gasteiger partial charge in [0.1, 0.15) is 0 Å². The van der Waals surface area contributed by atoms with Crippen molar-refractivity contribution in [3.63, 3.8) is 0 Å². The molecule has 10 aromatic rings. The number of hydrogen-bond acceptors (Lipinski definition) is 1. The van der Waals surface area contributed by atoms with E-state index in [2.05, 4.69) is 161 Å². The molecule has 3 heteroatoms. The number of fused-ring (bicyclic) bond motifs is 9. The first-order chi connectivity index (χ1) is 26.7. The molecule has 0 amide bonds. The minimum atomic E-state index is 0.421. The summed E-state index contributed by atoms with van der Waals surface area (Å²) < 4.78 is 7.65. The van der Waals surface area contributed by atoms with Crippen molar-refractivity contribution in [2.45, 2.75) is 37.5 Å². The van der Waals surface area contributed by atoms with E-state index in [1.54, 1.807) is 5.56 Å². The maximum absolute atomic E-state index is 2.51. The third-order valence-electron chi connectivity index (χ3n) is 14.0. The highest BCUT2D eigenvalue weighted by Gasteiger charge is 2.56. The summed E-state index contributed by atoms with van der Waals surface area (Å²) in [6.45, 7) is 0. The van der Waals surface area contributed by atoms with Crippen LogP contribution in [0.15, 0.2) is 152 Å². The lowest BCUT2D eigenvalue weighted by atomic mass is 9.66. The van der Waals surface area contributed by atoms with Crippen LogP contribution in [-0.2, 0) is 5.41 Å². The molecule has 4 fully saturated rings. The fourth-order valence-electron chi connectivity index (χ4n) is 12.0. The van der Waals surface area contributed by atoms with E-state index in [0.29, 0.717) is 5.41 Å². The van der Waals surface area contributed by atoms with Gasteiger partial charge in [-0.2, -0.15) is 0 Å². The van der Waals surface area contributed by atoms with Gasteiger partial charge in [-0.15, -0.1) is 11.3 Å². The molecule has 3 heterocycles. The number of hydrogen-bond donors (Lipinski definition) is 0. The Kier molecular flexibility index (Phi) is 5.92. The van der Waals surface area contributed by atoms with Crippen molar-refractivity contribution in [2.75, 3.05) is 0 Å². The lowest BCUT2D eigenvalue weighted by Gasteiger charge is -2.39. The summed E-state index contributed by atoms with van der Waals surface area (Å²) in [6.07, 6.45) is 7.21. The standard InChI is InChI=1S/C51H38N2S/c1-4-14-43-41(10-1)49-39(12-7-16-45(49)52(43)35-21-19-34(20-22-35)51-28-31-25-32(29-51)33(26-31)30-51)40-13-8-17-46-50(40)42-11-2-5-15-44(42)53(46)36-23-24-38-37-9-3-6-18-47(37)54-48(38)27-36/h1-24,27,31-33H,25-26,28-30H2. The molecular weight excluding hydrogens is 673 g/mol. The SMILES string of the molecule is c1ccc2c(c1)sc1cc(-n3c4ccccc4c4c(-c5cccc6c5c5ccccc5n6-c5ccc(C67CC8CC(C6)C(C8)C7)cc5)cccc43)ccc12. The second kappa shape index (κ2) is 10.7. The number of nitrogens with zero attached hydrogens (tertiary/aromatic N) is 2. The smallest absolute Gasteiger partial charge is 0.0547 e. The first-order valence-corrected chi connectivity index (χ1v) is 20.6. The Labute approximate surface area is 317 Å². The highest BCUT2D eigenvalue weighted by Crippen LogP contribution is 2.64. The Morgan fingerprint density at radius 1 is 0.444 bits per heavy atom. The van der Waals surface area contributed by atoms with Crippen LogP contribution in [0.2, 0.25) is 0 Å². The van der Waals surface area contributed by atoms with E-state index in [0.717, 1.165) is 17.8 Å². The van der Waals surface area contributed by atoms with Crippen LogP contribution < -0.4 is 0 Å². The van der Waals surface area contributed by atoms with Crippen molar-refractivity contribution in [2.24, 2.45) is 17.8 Å². The highest BCUT2D eigenvalue weighted by molar-refractivity contribution is 7.25. The number of thiophene rings is 1. The summed E-state index contributed by atoms with van der Waals surface area (Å²) in [5, 5.41) is 7.87. The third kappa shape index (κ3) is 3.95. The van der Waals surface area contributed by atoms with Crippen LogP contribution in [0.25, 0.3) is 86.3 Å². The predicted molar refractivity (Wildman–Crippen MR) is 229 cm³/mol. The summed E-state index contributed by atoms with van der Waals surface area (Å²) in [6, 6.07) is 57.4. The monoisotopic (exact) mass is 710 g/mol. The van der Waals surface area contributed by atoms with E-state index in [1.807, 2.05) is 11.3 Å². The molecule has 0 saturated heterocycles. The molecule has 0 spiro atoms. The van der Waals surface area contributed by atoms with Gasteiger partial charge < -0.3 is 9.13 Å². The van der Waals surface area contributed by atoms with Gasteiger partial charge in [-0.25, -0.2) is 0 Å².